The number of hydrogen-bond donors (Lipinski definition) is 2. The first-order valence-electron chi connectivity index (χ1n) is 5.93. The molecular weight excluding hydrogens is 306 g/mol. The van der Waals surface area contributed by atoms with E-state index in [4.69, 9.17) is 5.11 Å². The molecular formula is C15H14BrNO2. The Morgan fingerprint density at radius 2 is 1.79 bits per heavy atom. The molecule has 3 nitrogen and oxygen atoms in total. The van der Waals surface area contributed by atoms with Gasteiger partial charge in [-0.2, -0.15) is 0 Å². The Labute approximate surface area is 120 Å². The van der Waals surface area contributed by atoms with Crippen LogP contribution in [0.4, 0.5) is 5.69 Å². The Bertz CT molecular complexity index is 598. The van der Waals surface area contributed by atoms with Crippen molar-refractivity contribution >= 4 is 27.6 Å². The highest BCUT2D eigenvalue weighted by Crippen LogP contribution is 2.27. The monoisotopic (exact) mass is 319 g/mol. The Kier molecular flexibility index (Phi) is 4.22. The van der Waals surface area contributed by atoms with Crippen LogP contribution in [0, 0.1) is 0 Å². The summed E-state index contributed by atoms with van der Waals surface area (Å²) in [6.07, 6.45) is 0. The SMILES string of the molecule is CC(Nc1ccccc1C(=O)O)c1ccccc1Br. The molecule has 0 bridgehead atoms. The van der Waals surface area contributed by atoms with Gasteiger partial charge in [-0.05, 0) is 30.7 Å². The molecule has 2 aromatic rings. The number of carbonyl (C=O) groups is 1. The summed E-state index contributed by atoms with van der Waals surface area (Å²) in [5, 5.41) is 12.4. The summed E-state index contributed by atoms with van der Waals surface area (Å²) in [6, 6.07) is 14.8. The van der Waals surface area contributed by atoms with Gasteiger partial charge in [-0.15, -0.1) is 0 Å². The second-order valence-corrected chi connectivity index (χ2v) is 5.09. The Hall–Kier alpha value is -1.81. The average Bonchev–Trinajstić information content (AvgIpc) is 2.39. The van der Waals surface area contributed by atoms with Gasteiger partial charge in [0, 0.05) is 16.2 Å². The van der Waals surface area contributed by atoms with Gasteiger partial charge in [0.05, 0.1) is 5.56 Å². The molecule has 0 saturated carbocycles. The Balaban J connectivity index is 2.27. The molecule has 4 heteroatoms. The maximum absolute atomic E-state index is 11.2. The lowest BCUT2D eigenvalue weighted by molar-refractivity contribution is 0.0698. The molecule has 0 heterocycles. The van der Waals surface area contributed by atoms with Crippen LogP contribution >= 0.6 is 15.9 Å². The minimum Gasteiger partial charge on any atom is -0.478 e. The number of carboxylic acids is 1. The number of aromatic carboxylic acids is 1. The molecule has 0 amide bonds. The summed E-state index contributed by atoms with van der Waals surface area (Å²) in [7, 11) is 0. The summed E-state index contributed by atoms with van der Waals surface area (Å²) in [6.45, 7) is 2.00. The minimum atomic E-state index is -0.928. The number of para-hydroxylation sites is 1. The molecule has 1 atom stereocenters. The molecule has 1 unspecified atom stereocenters. The topological polar surface area (TPSA) is 49.3 Å². The molecule has 0 aromatic heterocycles. The number of rotatable bonds is 4. The highest BCUT2D eigenvalue weighted by Gasteiger charge is 2.13. The van der Waals surface area contributed by atoms with E-state index in [0.717, 1.165) is 10.0 Å². The van der Waals surface area contributed by atoms with Gasteiger partial charge in [-0.3, -0.25) is 0 Å². The van der Waals surface area contributed by atoms with Crippen molar-refractivity contribution in [2.45, 2.75) is 13.0 Å². The zero-order chi connectivity index (χ0) is 13.8. The molecule has 0 aliphatic rings. The first kappa shape index (κ1) is 13.6. The van der Waals surface area contributed by atoms with Crippen molar-refractivity contribution in [3.05, 3.63) is 64.1 Å². The summed E-state index contributed by atoms with van der Waals surface area (Å²) < 4.78 is 1.00. The lowest BCUT2D eigenvalue weighted by atomic mass is 10.1. The van der Waals surface area contributed by atoms with Gasteiger partial charge < -0.3 is 10.4 Å². The van der Waals surface area contributed by atoms with Gasteiger partial charge in [0.15, 0.2) is 0 Å². The number of hydrogen-bond acceptors (Lipinski definition) is 2. The van der Waals surface area contributed by atoms with E-state index in [1.54, 1.807) is 18.2 Å². The smallest absolute Gasteiger partial charge is 0.337 e. The molecule has 0 aliphatic heterocycles. The maximum atomic E-state index is 11.2. The molecule has 0 fully saturated rings. The molecule has 2 N–H and O–H groups in total. The fourth-order valence-electron chi connectivity index (χ4n) is 1.93. The van der Waals surface area contributed by atoms with Crippen molar-refractivity contribution in [1.29, 1.82) is 0 Å². The molecule has 0 saturated heterocycles. The van der Waals surface area contributed by atoms with Crippen LogP contribution in [0.1, 0.15) is 28.9 Å². The zero-order valence-electron chi connectivity index (χ0n) is 10.4. The second kappa shape index (κ2) is 5.89. The van der Waals surface area contributed by atoms with E-state index in [9.17, 15) is 4.79 Å². The number of anilines is 1. The Morgan fingerprint density at radius 3 is 2.47 bits per heavy atom. The molecule has 19 heavy (non-hydrogen) atoms. The van der Waals surface area contributed by atoms with E-state index in [2.05, 4.69) is 21.2 Å². The highest BCUT2D eigenvalue weighted by molar-refractivity contribution is 9.10. The van der Waals surface area contributed by atoms with Crippen LogP contribution in [-0.4, -0.2) is 11.1 Å². The van der Waals surface area contributed by atoms with Crippen LogP contribution in [0.5, 0.6) is 0 Å². The summed E-state index contributed by atoms with van der Waals surface area (Å²) >= 11 is 3.50. The molecule has 0 spiro atoms. The predicted molar refractivity (Wildman–Crippen MR) is 79.6 cm³/mol. The standard InChI is InChI=1S/C15H14BrNO2/c1-10(11-6-2-4-8-13(11)16)17-14-9-5-3-7-12(14)15(18)19/h2-10,17H,1H3,(H,18,19). The third-order valence-corrected chi connectivity index (χ3v) is 3.62. The normalized spacial score (nSPS) is 11.9. The van der Waals surface area contributed by atoms with Crippen molar-refractivity contribution in [3.63, 3.8) is 0 Å². The molecule has 2 aromatic carbocycles. The third kappa shape index (κ3) is 3.15. The first-order valence-corrected chi connectivity index (χ1v) is 6.72. The zero-order valence-corrected chi connectivity index (χ0v) is 12.0. The van der Waals surface area contributed by atoms with Gasteiger partial charge in [-0.1, -0.05) is 46.3 Å². The molecule has 2 rings (SSSR count). The van der Waals surface area contributed by atoms with Crippen LogP contribution in [0.3, 0.4) is 0 Å². The van der Waals surface area contributed by atoms with Crippen LogP contribution < -0.4 is 5.32 Å². The second-order valence-electron chi connectivity index (χ2n) is 4.24. The fraction of sp³-hybridized carbons (Fsp3) is 0.133. The largest absolute Gasteiger partial charge is 0.478 e. The van der Waals surface area contributed by atoms with Gasteiger partial charge in [0.2, 0.25) is 0 Å². The van der Waals surface area contributed by atoms with E-state index < -0.39 is 5.97 Å². The lowest BCUT2D eigenvalue weighted by Gasteiger charge is -2.18. The number of nitrogens with one attached hydrogen (secondary N) is 1. The molecule has 98 valence electrons. The third-order valence-electron chi connectivity index (χ3n) is 2.90. The van der Waals surface area contributed by atoms with E-state index in [1.165, 1.54) is 0 Å². The van der Waals surface area contributed by atoms with Gasteiger partial charge in [-0.25, -0.2) is 4.79 Å². The van der Waals surface area contributed by atoms with Crippen LogP contribution in [0.25, 0.3) is 0 Å². The van der Waals surface area contributed by atoms with Crippen LogP contribution in [-0.2, 0) is 0 Å². The van der Waals surface area contributed by atoms with E-state index >= 15 is 0 Å². The van der Waals surface area contributed by atoms with Gasteiger partial charge in [0.25, 0.3) is 0 Å². The first-order chi connectivity index (χ1) is 9.09. The van der Waals surface area contributed by atoms with Crippen molar-refractivity contribution in [2.75, 3.05) is 5.32 Å². The van der Waals surface area contributed by atoms with Gasteiger partial charge >= 0.3 is 5.97 Å². The van der Waals surface area contributed by atoms with Crippen molar-refractivity contribution in [1.82, 2.24) is 0 Å². The highest BCUT2D eigenvalue weighted by atomic mass is 79.9. The quantitative estimate of drug-likeness (QED) is 0.882. The van der Waals surface area contributed by atoms with E-state index in [0.29, 0.717) is 5.69 Å². The van der Waals surface area contributed by atoms with E-state index in [1.807, 2.05) is 37.3 Å². The van der Waals surface area contributed by atoms with Crippen LogP contribution in [0.15, 0.2) is 53.0 Å². The number of benzene rings is 2. The van der Waals surface area contributed by atoms with Crippen molar-refractivity contribution in [2.24, 2.45) is 0 Å². The lowest BCUT2D eigenvalue weighted by Crippen LogP contribution is -2.11. The van der Waals surface area contributed by atoms with Crippen molar-refractivity contribution in [3.8, 4) is 0 Å². The number of carboxylic acid groups (broad SMARTS) is 1. The summed E-state index contributed by atoms with van der Waals surface area (Å²) in [4.78, 5) is 11.2. The predicted octanol–water partition coefficient (Wildman–Crippen LogP) is 4.32. The molecule has 0 radical (unpaired) electrons. The van der Waals surface area contributed by atoms with Crippen LogP contribution in [0.2, 0.25) is 0 Å². The maximum Gasteiger partial charge on any atom is 0.337 e. The van der Waals surface area contributed by atoms with Crippen molar-refractivity contribution < 1.29 is 9.90 Å². The molecule has 0 aliphatic carbocycles. The average molecular weight is 320 g/mol. The summed E-state index contributed by atoms with van der Waals surface area (Å²) in [5.74, 6) is -0.928. The minimum absolute atomic E-state index is 0.0103. The van der Waals surface area contributed by atoms with E-state index in [-0.39, 0.29) is 11.6 Å². The summed E-state index contributed by atoms with van der Waals surface area (Å²) in [5.41, 5.74) is 1.99. The van der Waals surface area contributed by atoms with Gasteiger partial charge in [0.1, 0.15) is 0 Å². The number of halogens is 1. The Morgan fingerprint density at radius 1 is 1.16 bits per heavy atom. The fourth-order valence-corrected chi connectivity index (χ4v) is 2.56.